The van der Waals surface area contributed by atoms with Crippen LogP contribution in [0.1, 0.15) is 5.76 Å². The monoisotopic (exact) mass is 195 g/mol. The average Bonchev–Trinajstić information content (AvgIpc) is 2.58. The Bertz CT molecular complexity index is 329. The van der Waals surface area contributed by atoms with Gasteiger partial charge in [0.1, 0.15) is 5.71 Å². The van der Waals surface area contributed by atoms with Crippen LogP contribution < -0.4 is 11.2 Å². The van der Waals surface area contributed by atoms with Gasteiger partial charge in [0.15, 0.2) is 10.9 Å². The van der Waals surface area contributed by atoms with Gasteiger partial charge in [0.05, 0.1) is 6.26 Å². The Morgan fingerprint density at radius 2 is 2.54 bits per heavy atom. The smallest absolute Gasteiger partial charge is 0.184 e. The molecule has 0 spiro atoms. The standard InChI is InChI=1S/C8H9N3OS/c1-2-6(10-11-8(9)13)7-4-3-5-12-7/h2-5H,1H2,(H3,9,11,13). The molecule has 0 amide bonds. The summed E-state index contributed by atoms with van der Waals surface area (Å²) in [6, 6.07) is 3.52. The van der Waals surface area contributed by atoms with Gasteiger partial charge in [0.25, 0.3) is 0 Å². The molecule has 3 N–H and O–H groups in total. The van der Waals surface area contributed by atoms with Crippen LogP contribution in [0.15, 0.2) is 40.6 Å². The molecule has 1 rings (SSSR count). The lowest BCUT2D eigenvalue weighted by Gasteiger charge is -1.97. The van der Waals surface area contributed by atoms with Crippen molar-refractivity contribution in [3.63, 3.8) is 0 Å². The highest BCUT2D eigenvalue weighted by Crippen LogP contribution is 2.02. The predicted molar refractivity (Wildman–Crippen MR) is 55.4 cm³/mol. The Morgan fingerprint density at radius 1 is 1.77 bits per heavy atom. The quantitative estimate of drug-likeness (QED) is 0.429. The molecule has 0 atom stereocenters. The molecule has 1 aromatic heterocycles. The number of hydrogen-bond donors (Lipinski definition) is 2. The molecule has 4 nitrogen and oxygen atoms in total. The average molecular weight is 195 g/mol. The third kappa shape index (κ3) is 2.72. The molecule has 13 heavy (non-hydrogen) atoms. The minimum atomic E-state index is 0.103. The SMILES string of the molecule is C=CC(=NNC(N)=S)c1ccco1. The summed E-state index contributed by atoms with van der Waals surface area (Å²) in [5.41, 5.74) is 8.20. The van der Waals surface area contributed by atoms with E-state index in [0.717, 1.165) is 0 Å². The number of rotatable bonds is 3. The Hall–Kier alpha value is -1.62. The van der Waals surface area contributed by atoms with Gasteiger partial charge in [-0.15, -0.1) is 0 Å². The highest BCUT2D eigenvalue weighted by molar-refractivity contribution is 7.80. The normalized spacial score (nSPS) is 10.9. The van der Waals surface area contributed by atoms with Gasteiger partial charge in [-0.2, -0.15) is 5.10 Å². The van der Waals surface area contributed by atoms with E-state index < -0.39 is 0 Å². The molecular formula is C8H9N3OS. The van der Waals surface area contributed by atoms with Crippen molar-refractivity contribution < 1.29 is 4.42 Å². The molecule has 0 saturated carbocycles. The van der Waals surface area contributed by atoms with Gasteiger partial charge in [-0.1, -0.05) is 6.58 Å². The van der Waals surface area contributed by atoms with Crippen molar-refractivity contribution in [2.24, 2.45) is 10.8 Å². The molecule has 0 fully saturated rings. The fourth-order valence-corrected chi connectivity index (χ4v) is 0.787. The predicted octanol–water partition coefficient (Wildman–Crippen LogP) is 1.00. The molecule has 1 heterocycles. The molecule has 0 saturated heterocycles. The summed E-state index contributed by atoms with van der Waals surface area (Å²) in [6.07, 6.45) is 3.10. The van der Waals surface area contributed by atoms with Crippen LogP contribution in [-0.4, -0.2) is 10.8 Å². The first kappa shape index (κ1) is 9.47. The van der Waals surface area contributed by atoms with E-state index in [1.165, 1.54) is 0 Å². The van der Waals surface area contributed by atoms with E-state index in [-0.39, 0.29) is 5.11 Å². The second kappa shape index (κ2) is 4.42. The number of thiocarbonyl (C=S) groups is 1. The molecule has 0 bridgehead atoms. The van der Waals surface area contributed by atoms with Gasteiger partial charge in [-0.3, -0.25) is 5.43 Å². The lowest BCUT2D eigenvalue weighted by Crippen LogP contribution is -2.25. The summed E-state index contributed by atoms with van der Waals surface area (Å²) < 4.78 is 5.09. The Kier molecular flexibility index (Phi) is 3.22. The number of hydrazone groups is 1. The number of furan rings is 1. The zero-order valence-corrected chi connectivity index (χ0v) is 7.67. The minimum absolute atomic E-state index is 0.103. The summed E-state index contributed by atoms with van der Waals surface area (Å²) >= 11 is 4.59. The van der Waals surface area contributed by atoms with E-state index in [9.17, 15) is 0 Å². The molecule has 5 heteroatoms. The molecule has 68 valence electrons. The van der Waals surface area contributed by atoms with Gasteiger partial charge in [-0.05, 0) is 30.4 Å². The van der Waals surface area contributed by atoms with Crippen LogP contribution in [0, 0.1) is 0 Å². The van der Waals surface area contributed by atoms with Crippen LogP contribution in [-0.2, 0) is 0 Å². The zero-order chi connectivity index (χ0) is 9.68. The Morgan fingerprint density at radius 3 is 3.00 bits per heavy atom. The first-order valence-corrected chi connectivity index (χ1v) is 3.94. The number of hydrogen-bond acceptors (Lipinski definition) is 3. The second-order valence-corrected chi connectivity index (χ2v) is 2.59. The van der Waals surface area contributed by atoms with Crippen molar-refractivity contribution in [2.75, 3.05) is 0 Å². The molecular weight excluding hydrogens is 186 g/mol. The lowest BCUT2D eigenvalue weighted by molar-refractivity contribution is 0.557. The first-order chi connectivity index (χ1) is 6.24. The Balaban J connectivity index is 2.79. The highest BCUT2D eigenvalue weighted by Gasteiger charge is 2.01. The molecule has 0 aliphatic rings. The fourth-order valence-electron chi connectivity index (χ4n) is 0.741. The zero-order valence-electron chi connectivity index (χ0n) is 6.86. The van der Waals surface area contributed by atoms with Gasteiger partial charge in [0.2, 0.25) is 0 Å². The lowest BCUT2D eigenvalue weighted by atomic mass is 10.3. The number of nitrogens with two attached hydrogens (primary N) is 1. The summed E-state index contributed by atoms with van der Waals surface area (Å²) in [4.78, 5) is 0. The van der Waals surface area contributed by atoms with E-state index in [1.807, 2.05) is 0 Å². The van der Waals surface area contributed by atoms with Crippen molar-refractivity contribution in [1.82, 2.24) is 5.43 Å². The van der Waals surface area contributed by atoms with E-state index >= 15 is 0 Å². The third-order valence-corrected chi connectivity index (χ3v) is 1.34. The van der Waals surface area contributed by atoms with Gasteiger partial charge in [-0.25, -0.2) is 0 Å². The molecule has 1 aromatic rings. The van der Waals surface area contributed by atoms with Gasteiger partial charge in [0, 0.05) is 0 Å². The maximum atomic E-state index is 5.20. The van der Waals surface area contributed by atoms with Crippen molar-refractivity contribution >= 4 is 23.0 Å². The number of nitrogens with zero attached hydrogens (tertiary/aromatic N) is 1. The van der Waals surface area contributed by atoms with Crippen molar-refractivity contribution in [2.45, 2.75) is 0 Å². The second-order valence-electron chi connectivity index (χ2n) is 2.15. The topological polar surface area (TPSA) is 63.5 Å². The van der Waals surface area contributed by atoms with E-state index in [2.05, 4.69) is 29.3 Å². The van der Waals surface area contributed by atoms with Gasteiger partial charge < -0.3 is 10.2 Å². The van der Waals surface area contributed by atoms with Crippen molar-refractivity contribution in [3.05, 3.63) is 36.8 Å². The van der Waals surface area contributed by atoms with Crippen LogP contribution in [0.2, 0.25) is 0 Å². The third-order valence-electron chi connectivity index (χ3n) is 1.25. The maximum Gasteiger partial charge on any atom is 0.184 e. The van der Waals surface area contributed by atoms with Crippen LogP contribution >= 0.6 is 12.2 Å². The van der Waals surface area contributed by atoms with Gasteiger partial charge >= 0.3 is 0 Å². The van der Waals surface area contributed by atoms with Crippen LogP contribution in [0.4, 0.5) is 0 Å². The minimum Gasteiger partial charge on any atom is -0.463 e. The van der Waals surface area contributed by atoms with Crippen molar-refractivity contribution in [3.8, 4) is 0 Å². The summed E-state index contributed by atoms with van der Waals surface area (Å²) in [7, 11) is 0. The summed E-state index contributed by atoms with van der Waals surface area (Å²) in [6.45, 7) is 3.58. The van der Waals surface area contributed by atoms with E-state index in [4.69, 9.17) is 10.2 Å². The highest BCUT2D eigenvalue weighted by atomic mass is 32.1. The number of nitrogens with one attached hydrogen (secondary N) is 1. The van der Waals surface area contributed by atoms with Crippen molar-refractivity contribution in [1.29, 1.82) is 0 Å². The largest absolute Gasteiger partial charge is 0.463 e. The van der Waals surface area contributed by atoms with Crippen LogP contribution in [0.3, 0.4) is 0 Å². The fraction of sp³-hybridized carbons (Fsp3) is 0. The molecule has 0 radical (unpaired) electrons. The summed E-state index contributed by atoms with van der Waals surface area (Å²) in [5, 5.41) is 3.98. The molecule has 0 unspecified atom stereocenters. The Labute approximate surface area is 81.1 Å². The number of allylic oxidation sites excluding steroid dienone is 1. The van der Waals surface area contributed by atoms with E-state index in [0.29, 0.717) is 11.5 Å². The van der Waals surface area contributed by atoms with Crippen LogP contribution in [0.25, 0.3) is 0 Å². The first-order valence-electron chi connectivity index (χ1n) is 3.53. The molecule has 0 aromatic carbocycles. The summed E-state index contributed by atoms with van der Waals surface area (Å²) in [5.74, 6) is 0.610. The molecule has 0 aliphatic heterocycles. The molecule has 0 aliphatic carbocycles. The van der Waals surface area contributed by atoms with E-state index in [1.54, 1.807) is 24.5 Å². The maximum absolute atomic E-state index is 5.20. The van der Waals surface area contributed by atoms with Crippen LogP contribution in [0.5, 0.6) is 0 Å².